The van der Waals surface area contributed by atoms with E-state index >= 15 is 0 Å². The van der Waals surface area contributed by atoms with E-state index in [4.69, 9.17) is 11.6 Å². The van der Waals surface area contributed by atoms with Gasteiger partial charge in [-0.05, 0) is 37.0 Å². The average Bonchev–Trinajstić information content (AvgIpc) is 3.07. The highest BCUT2D eigenvalue weighted by atomic mass is 35.5. The molecule has 1 aromatic heterocycles. The minimum atomic E-state index is -0.432. The fourth-order valence-electron chi connectivity index (χ4n) is 3.63. The first-order valence-electron chi connectivity index (χ1n) is 8.14. The van der Waals surface area contributed by atoms with Gasteiger partial charge in [-0.1, -0.05) is 30.2 Å². The molecule has 0 saturated heterocycles. The Bertz CT molecular complexity index is 751. The average molecular weight is 331 g/mol. The van der Waals surface area contributed by atoms with Crippen LogP contribution in [-0.2, 0) is 29.7 Å². The number of amides is 1. The molecule has 0 radical (unpaired) electrons. The van der Waals surface area contributed by atoms with E-state index in [-0.39, 0.29) is 5.91 Å². The van der Waals surface area contributed by atoms with Crippen molar-refractivity contribution < 1.29 is 4.79 Å². The zero-order valence-electron chi connectivity index (χ0n) is 12.9. The van der Waals surface area contributed by atoms with Crippen molar-refractivity contribution in [2.75, 3.05) is 0 Å². The van der Waals surface area contributed by atoms with E-state index in [1.807, 2.05) is 24.3 Å². The summed E-state index contributed by atoms with van der Waals surface area (Å²) in [7, 11) is 0. The lowest BCUT2D eigenvalue weighted by atomic mass is 9.64. The fourth-order valence-corrected chi connectivity index (χ4v) is 3.82. The van der Waals surface area contributed by atoms with Gasteiger partial charge in [-0.25, -0.2) is 0 Å². The molecule has 1 aromatic carbocycles. The van der Waals surface area contributed by atoms with E-state index in [9.17, 15) is 4.79 Å². The number of halogens is 1. The predicted octanol–water partition coefficient (Wildman–Crippen LogP) is 2.62. The Morgan fingerprint density at radius 3 is 2.91 bits per heavy atom. The van der Waals surface area contributed by atoms with E-state index in [0.717, 1.165) is 55.9 Å². The molecule has 23 heavy (non-hydrogen) atoms. The third kappa shape index (κ3) is 2.43. The second-order valence-electron chi connectivity index (χ2n) is 6.42. The van der Waals surface area contributed by atoms with Gasteiger partial charge < -0.3 is 9.88 Å². The molecule has 1 aliphatic carbocycles. The van der Waals surface area contributed by atoms with Crippen LogP contribution < -0.4 is 5.32 Å². The number of hydrogen-bond donors (Lipinski definition) is 1. The summed E-state index contributed by atoms with van der Waals surface area (Å²) in [5, 5.41) is 12.1. The second-order valence-corrected chi connectivity index (χ2v) is 6.85. The third-order valence-corrected chi connectivity index (χ3v) is 5.35. The Balaban J connectivity index is 1.51. The van der Waals surface area contributed by atoms with Crippen molar-refractivity contribution in [3.63, 3.8) is 0 Å². The molecular weight excluding hydrogens is 312 g/mol. The lowest BCUT2D eigenvalue weighted by Gasteiger charge is -2.40. The Morgan fingerprint density at radius 2 is 2.17 bits per heavy atom. The van der Waals surface area contributed by atoms with Crippen molar-refractivity contribution in [1.29, 1.82) is 0 Å². The van der Waals surface area contributed by atoms with Gasteiger partial charge in [-0.3, -0.25) is 4.79 Å². The Hall–Kier alpha value is -1.88. The van der Waals surface area contributed by atoms with Crippen LogP contribution >= 0.6 is 11.6 Å². The topological polar surface area (TPSA) is 59.8 Å². The zero-order valence-corrected chi connectivity index (χ0v) is 13.6. The normalized spacial score (nSPS) is 18.3. The molecule has 1 aliphatic heterocycles. The Morgan fingerprint density at radius 1 is 1.30 bits per heavy atom. The highest BCUT2D eigenvalue weighted by Gasteiger charge is 2.45. The van der Waals surface area contributed by atoms with Crippen molar-refractivity contribution in [2.24, 2.45) is 0 Å². The molecule has 1 amide bonds. The number of aryl methyl sites for hydroxylation is 1. The van der Waals surface area contributed by atoms with Gasteiger partial charge in [0.15, 0.2) is 5.82 Å². The van der Waals surface area contributed by atoms with Crippen molar-refractivity contribution in [1.82, 2.24) is 20.1 Å². The van der Waals surface area contributed by atoms with E-state index in [2.05, 4.69) is 20.1 Å². The van der Waals surface area contributed by atoms with Gasteiger partial charge in [-0.15, -0.1) is 10.2 Å². The zero-order chi connectivity index (χ0) is 15.9. The van der Waals surface area contributed by atoms with Crippen LogP contribution in [0.15, 0.2) is 24.3 Å². The summed E-state index contributed by atoms with van der Waals surface area (Å²) in [5.74, 6) is 1.95. The highest BCUT2D eigenvalue weighted by Crippen LogP contribution is 2.44. The summed E-state index contributed by atoms with van der Waals surface area (Å²) in [5.41, 5.74) is 0.582. The minimum absolute atomic E-state index is 0.0707. The maximum Gasteiger partial charge on any atom is 0.231 e. The first-order valence-corrected chi connectivity index (χ1v) is 8.52. The monoisotopic (exact) mass is 330 g/mol. The van der Waals surface area contributed by atoms with Crippen molar-refractivity contribution in [3.8, 4) is 0 Å². The van der Waals surface area contributed by atoms with Crippen LogP contribution in [0.5, 0.6) is 0 Å². The molecule has 4 rings (SSSR count). The van der Waals surface area contributed by atoms with Gasteiger partial charge >= 0.3 is 0 Å². The van der Waals surface area contributed by atoms with E-state index < -0.39 is 5.41 Å². The smallest absolute Gasteiger partial charge is 0.231 e. The maximum absolute atomic E-state index is 12.8. The number of benzene rings is 1. The fraction of sp³-hybridized carbons (Fsp3) is 0.471. The maximum atomic E-state index is 12.8. The number of rotatable bonds is 4. The van der Waals surface area contributed by atoms with Crippen LogP contribution in [0, 0.1) is 0 Å². The van der Waals surface area contributed by atoms with Crippen molar-refractivity contribution in [2.45, 2.75) is 50.6 Å². The third-order valence-electron chi connectivity index (χ3n) is 5.11. The van der Waals surface area contributed by atoms with Crippen LogP contribution in [0.4, 0.5) is 0 Å². The molecule has 6 heteroatoms. The first kappa shape index (κ1) is 14.7. The molecule has 0 bridgehead atoms. The second kappa shape index (κ2) is 5.64. The molecule has 0 atom stereocenters. The number of nitrogens with one attached hydrogen (secondary N) is 1. The Kier molecular flexibility index (Phi) is 3.60. The molecule has 2 aliphatic rings. The van der Waals surface area contributed by atoms with Gasteiger partial charge in [0, 0.05) is 18.0 Å². The largest absolute Gasteiger partial charge is 0.348 e. The van der Waals surface area contributed by atoms with Crippen LogP contribution in [0.2, 0.25) is 5.02 Å². The highest BCUT2D eigenvalue weighted by molar-refractivity contribution is 6.30. The number of carbonyl (C=O) groups excluding carboxylic acids is 1. The van der Waals surface area contributed by atoms with Crippen molar-refractivity contribution >= 4 is 17.5 Å². The summed E-state index contributed by atoms with van der Waals surface area (Å²) < 4.78 is 2.12. The summed E-state index contributed by atoms with van der Waals surface area (Å²) in [4.78, 5) is 12.8. The summed E-state index contributed by atoms with van der Waals surface area (Å²) in [6.45, 7) is 1.39. The van der Waals surface area contributed by atoms with Gasteiger partial charge in [0.25, 0.3) is 0 Å². The van der Waals surface area contributed by atoms with E-state index in [0.29, 0.717) is 11.6 Å². The summed E-state index contributed by atoms with van der Waals surface area (Å²) in [6, 6.07) is 7.67. The summed E-state index contributed by atoms with van der Waals surface area (Å²) in [6.07, 6.45) is 4.90. The summed E-state index contributed by atoms with van der Waals surface area (Å²) >= 11 is 6.11. The SMILES string of the molecule is O=C(NCc1nnc2n1CCC2)C1(c2cccc(Cl)c2)CCC1. The molecule has 1 saturated carbocycles. The van der Waals surface area contributed by atoms with Gasteiger partial charge in [0.05, 0.1) is 12.0 Å². The number of hydrogen-bond acceptors (Lipinski definition) is 3. The minimum Gasteiger partial charge on any atom is -0.348 e. The van der Waals surface area contributed by atoms with Gasteiger partial charge in [0.1, 0.15) is 5.82 Å². The van der Waals surface area contributed by atoms with Crippen LogP contribution in [0.25, 0.3) is 0 Å². The molecular formula is C17H19ClN4O. The lowest BCUT2D eigenvalue weighted by Crippen LogP contribution is -2.49. The Labute approximate surface area is 140 Å². The van der Waals surface area contributed by atoms with Crippen LogP contribution in [0.3, 0.4) is 0 Å². The standard InChI is InChI=1S/C17H19ClN4O/c18-13-5-1-4-12(10-13)17(7-3-8-17)16(23)19-11-15-21-20-14-6-2-9-22(14)15/h1,4-5,10H,2-3,6-9,11H2,(H,19,23). The molecule has 1 N–H and O–H groups in total. The molecule has 2 aromatic rings. The van der Waals surface area contributed by atoms with Gasteiger partial charge in [-0.2, -0.15) is 0 Å². The number of nitrogens with zero attached hydrogens (tertiary/aromatic N) is 3. The van der Waals surface area contributed by atoms with Crippen molar-refractivity contribution in [3.05, 3.63) is 46.5 Å². The molecule has 5 nitrogen and oxygen atoms in total. The van der Waals surface area contributed by atoms with Crippen LogP contribution in [0.1, 0.15) is 42.9 Å². The molecule has 1 fully saturated rings. The molecule has 120 valence electrons. The first-order chi connectivity index (χ1) is 11.2. The molecule has 0 spiro atoms. The van der Waals surface area contributed by atoms with E-state index in [1.165, 1.54) is 0 Å². The quantitative estimate of drug-likeness (QED) is 0.937. The van der Waals surface area contributed by atoms with E-state index in [1.54, 1.807) is 0 Å². The lowest BCUT2D eigenvalue weighted by molar-refractivity contribution is -0.130. The predicted molar refractivity (Wildman–Crippen MR) is 87.2 cm³/mol. The van der Waals surface area contributed by atoms with Crippen LogP contribution in [-0.4, -0.2) is 20.7 Å². The van der Waals surface area contributed by atoms with Gasteiger partial charge in [0.2, 0.25) is 5.91 Å². The molecule has 2 heterocycles. The number of fused-ring (bicyclic) bond motifs is 1. The molecule has 0 unspecified atom stereocenters. The number of carbonyl (C=O) groups is 1. The number of aromatic nitrogens is 3.